The smallest absolute Gasteiger partial charge is 0.243 e. The Bertz CT molecular complexity index is 1060. The highest BCUT2D eigenvalue weighted by atomic mass is 16.2. The van der Waals surface area contributed by atoms with Crippen molar-refractivity contribution in [1.29, 1.82) is 5.26 Å². The van der Waals surface area contributed by atoms with Gasteiger partial charge < -0.3 is 10.2 Å². The lowest BCUT2D eigenvalue weighted by Crippen LogP contribution is -2.45. The molecule has 35 heavy (non-hydrogen) atoms. The molecule has 2 aromatic rings. The molecule has 2 amide bonds. The average molecular weight is 474 g/mol. The lowest BCUT2D eigenvalue weighted by molar-refractivity contribution is -0.138. The summed E-state index contributed by atoms with van der Waals surface area (Å²) >= 11 is 0. The van der Waals surface area contributed by atoms with E-state index in [1.165, 1.54) is 11.1 Å². The minimum atomic E-state index is -0.547. The normalized spacial score (nSPS) is 17.1. The van der Waals surface area contributed by atoms with Gasteiger partial charge in [-0.3, -0.25) is 9.59 Å². The number of carbonyl (C=O) groups excluding carboxylic acids is 2. The lowest BCUT2D eigenvalue weighted by Gasteiger charge is -2.31. The summed E-state index contributed by atoms with van der Waals surface area (Å²) in [6.07, 6.45) is 4.21. The van der Waals surface area contributed by atoms with Gasteiger partial charge in [-0.05, 0) is 67.7 Å². The number of likely N-dealkylation sites (tertiary alicyclic amines) is 1. The Balaban J connectivity index is 1.53. The van der Waals surface area contributed by atoms with Crippen LogP contribution in [0.4, 0.5) is 0 Å². The predicted octanol–water partition coefficient (Wildman–Crippen LogP) is 5.59. The van der Waals surface area contributed by atoms with E-state index in [2.05, 4.69) is 45.1 Å². The van der Waals surface area contributed by atoms with E-state index in [1.54, 1.807) is 4.90 Å². The number of unbranched alkanes of at least 4 members (excludes halogenated alkanes) is 1. The van der Waals surface area contributed by atoms with Crippen LogP contribution in [0.25, 0.3) is 0 Å². The number of nitrogens with one attached hydrogen (secondary N) is 1. The number of benzene rings is 2. The molecule has 1 heterocycles. The highest BCUT2D eigenvalue weighted by molar-refractivity contribution is 5.88. The van der Waals surface area contributed by atoms with Crippen molar-refractivity contribution >= 4 is 11.8 Å². The summed E-state index contributed by atoms with van der Waals surface area (Å²) in [5.41, 5.74) is 4.01. The Morgan fingerprint density at radius 3 is 2.54 bits per heavy atom. The molecule has 2 aromatic carbocycles. The summed E-state index contributed by atoms with van der Waals surface area (Å²) in [6, 6.07) is 18.3. The van der Waals surface area contributed by atoms with Crippen LogP contribution in [-0.2, 0) is 21.5 Å². The molecule has 3 rings (SSSR count). The fraction of sp³-hybridized carbons (Fsp3) is 0.500. The molecular weight excluding hydrogens is 434 g/mol. The van der Waals surface area contributed by atoms with Crippen LogP contribution < -0.4 is 5.32 Å². The van der Waals surface area contributed by atoms with E-state index in [-0.39, 0.29) is 23.8 Å². The number of nitriles is 1. The second-order valence-electron chi connectivity index (χ2n) is 10.1. The van der Waals surface area contributed by atoms with Crippen LogP contribution in [0.1, 0.15) is 74.6 Å². The van der Waals surface area contributed by atoms with Gasteiger partial charge >= 0.3 is 0 Å². The van der Waals surface area contributed by atoms with E-state index in [9.17, 15) is 14.9 Å². The van der Waals surface area contributed by atoms with Gasteiger partial charge in [0.15, 0.2) is 0 Å². The minimum absolute atomic E-state index is 0.0428. The molecule has 0 spiro atoms. The molecule has 2 atom stereocenters. The van der Waals surface area contributed by atoms with Gasteiger partial charge in [0.25, 0.3) is 0 Å². The van der Waals surface area contributed by atoms with Crippen LogP contribution in [0.3, 0.4) is 0 Å². The molecule has 5 heteroatoms. The standard InChI is InChI=1S/C30H39N3O2/c1-22(2)30(21-31,26-14-6-5-7-15-26)18-9-8-17-28(34)33-19-11-16-27(33)29(35)32-20-25-13-10-12-23(3)24(25)4/h5-7,10,12-15,22,27H,8-9,11,16-20H2,1-4H3,(H,32,35)/t27-,30?/m1/s1. The second-order valence-corrected chi connectivity index (χ2v) is 10.1. The Kier molecular flexibility index (Phi) is 9.09. The molecule has 0 bridgehead atoms. The maximum atomic E-state index is 13.0. The van der Waals surface area contributed by atoms with Crippen LogP contribution in [0.15, 0.2) is 48.5 Å². The molecule has 1 unspecified atom stereocenters. The first kappa shape index (κ1) is 26.5. The summed E-state index contributed by atoms with van der Waals surface area (Å²) in [5.74, 6) is 0.152. The third kappa shape index (κ3) is 6.11. The van der Waals surface area contributed by atoms with E-state index in [0.29, 0.717) is 25.9 Å². The zero-order valence-corrected chi connectivity index (χ0v) is 21.6. The molecular formula is C30H39N3O2. The third-order valence-corrected chi connectivity index (χ3v) is 7.73. The van der Waals surface area contributed by atoms with Crippen LogP contribution in [0.2, 0.25) is 0 Å². The van der Waals surface area contributed by atoms with Crippen LogP contribution >= 0.6 is 0 Å². The predicted molar refractivity (Wildman–Crippen MR) is 140 cm³/mol. The molecule has 1 aliphatic rings. The SMILES string of the molecule is Cc1cccc(CNC(=O)[C@H]2CCCN2C(=O)CCCCC(C#N)(c2ccccc2)C(C)C)c1C. The Labute approximate surface area is 210 Å². The van der Waals surface area contributed by atoms with E-state index in [1.807, 2.05) is 42.5 Å². The summed E-state index contributed by atoms with van der Waals surface area (Å²) in [4.78, 5) is 27.7. The highest BCUT2D eigenvalue weighted by Gasteiger charge is 2.36. The number of nitrogens with zero attached hydrogens (tertiary/aromatic N) is 2. The largest absolute Gasteiger partial charge is 0.350 e. The first-order chi connectivity index (χ1) is 16.8. The van der Waals surface area contributed by atoms with Crippen molar-refractivity contribution in [1.82, 2.24) is 10.2 Å². The van der Waals surface area contributed by atoms with Gasteiger partial charge in [0.05, 0.1) is 11.5 Å². The third-order valence-electron chi connectivity index (χ3n) is 7.73. The van der Waals surface area contributed by atoms with Crippen molar-refractivity contribution < 1.29 is 9.59 Å². The maximum Gasteiger partial charge on any atom is 0.243 e. The maximum absolute atomic E-state index is 13.0. The van der Waals surface area contributed by atoms with Gasteiger partial charge in [0, 0.05) is 19.5 Å². The topological polar surface area (TPSA) is 73.2 Å². The molecule has 0 aliphatic carbocycles. The molecule has 0 saturated carbocycles. The van der Waals surface area contributed by atoms with Crippen molar-refractivity contribution in [3.05, 3.63) is 70.8 Å². The van der Waals surface area contributed by atoms with E-state index in [4.69, 9.17) is 0 Å². The monoisotopic (exact) mass is 473 g/mol. The fourth-order valence-corrected chi connectivity index (χ4v) is 5.22. The summed E-state index contributed by atoms with van der Waals surface area (Å²) < 4.78 is 0. The van der Waals surface area contributed by atoms with Crippen molar-refractivity contribution in [2.75, 3.05) is 6.54 Å². The first-order valence-electron chi connectivity index (χ1n) is 12.9. The highest BCUT2D eigenvalue weighted by Crippen LogP contribution is 2.37. The number of amides is 2. The Morgan fingerprint density at radius 1 is 1.11 bits per heavy atom. The van der Waals surface area contributed by atoms with Gasteiger partial charge in [-0.1, -0.05) is 68.8 Å². The molecule has 5 nitrogen and oxygen atoms in total. The Hall–Kier alpha value is -3.13. The molecule has 0 radical (unpaired) electrons. The lowest BCUT2D eigenvalue weighted by atomic mass is 9.69. The first-order valence-corrected chi connectivity index (χ1v) is 12.9. The number of rotatable bonds is 10. The van der Waals surface area contributed by atoms with Gasteiger partial charge in [-0.15, -0.1) is 0 Å². The van der Waals surface area contributed by atoms with Crippen LogP contribution in [0.5, 0.6) is 0 Å². The fourth-order valence-electron chi connectivity index (χ4n) is 5.22. The molecule has 1 saturated heterocycles. The summed E-state index contributed by atoms with van der Waals surface area (Å²) in [5, 5.41) is 13.1. The summed E-state index contributed by atoms with van der Waals surface area (Å²) in [7, 11) is 0. The zero-order chi connectivity index (χ0) is 25.4. The van der Waals surface area contributed by atoms with Gasteiger partial charge in [-0.2, -0.15) is 5.26 Å². The van der Waals surface area contributed by atoms with Gasteiger partial charge in [-0.25, -0.2) is 0 Å². The average Bonchev–Trinajstić information content (AvgIpc) is 3.35. The van der Waals surface area contributed by atoms with Crippen molar-refractivity contribution in [2.45, 2.75) is 84.2 Å². The molecule has 1 aliphatic heterocycles. The Morgan fingerprint density at radius 2 is 1.86 bits per heavy atom. The molecule has 186 valence electrons. The van der Waals surface area contributed by atoms with Crippen LogP contribution in [-0.4, -0.2) is 29.3 Å². The number of hydrogen-bond donors (Lipinski definition) is 1. The number of hydrogen-bond acceptors (Lipinski definition) is 3. The van der Waals surface area contributed by atoms with Gasteiger partial charge in [0.2, 0.25) is 11.8 Å². The van der Waals surface area contributed by atoms with E-state index < -0.39 is 5.41 Å². The minimum Gasteiger partial charge on any atom is -0.350 e. The second kappa shape index (κ2) is 12.0. The number of carbonyl (C=O) groups is 2. The number of aryl methyl sites for hydroxylation is 1. The molecule has 1 N–H and O–H groups in total. The van der Waals surface area contributed by atoms with Crippen molar-refractivity contribution in [3.63, 3.8) is 0 Å². The van der Waals surface area contributed by atoms with Crippen molar-refractivity contribution in [2.24, 2.45) is 5.92 Å². The van der Waals surface area contributed by atoms with E-state index in [0.717, 1.165) is 36.8 Å². The quantitative estimate of drug-likeness (QED) is 0.457. The van der Waals surface area contributed by atoms with Crippen LogP contribution in [0, 0.1) is 31.1 Å². The van der Waals surface area contributed by atoms with Gasteiger partial charge in [0.1, 0.15) is 6.04 Å². The molecule has 0 aromatic heterocycles. The molecule has 1 fully saturated rings. The zero-order valence-electron chi connectivity index (χ0n) is 21.6. The summed E-state index contributed by atoms with van der Waals surface area (Å²) in [6.45, 7) is 9.44. The van der Waals surface area contributed by atoms with E-state index >= 15 is 0 Å². The van der Waals surface area contributed by atoms with Crippen molar-refractivity contribution in [3.8, 4) is 6.07 Å².